The van der Waals surface area contributed by atoms with Gasteiger partial charge in [-0.15, -0.1) is 0 Å². The van der Waals surface area contributed by atoms with Crippen LogP contribution in [0.15, 0.2) is 0 Å². The number of aliphatic hydroxyl groups excluding tert-OH is 1. The van der Waals surface area contributed by atoms with E-state index in [0.29, 0.717) is 6.04 Å². The van der Waals surface area contributed by atoms with Crippen molar-refractivity contribution in [3.8, 4) is 0 Å². The van der Waals surface area contributed by atoms with Crippen LogP contribution in [-0.4, -0.2) is 73.4 Å². The van der Waals surface area contributed by atoms with Gasteiger partial charge in [-0.05, 0) is 52.4 Å². The highest BCUT2D eigenvalue weighted by molar-refractivity contribution is 4.82. The molecule has 2 atom stereocenters. The third-order valence-corrected chi connectivity index (χ3v) is 4.12. The van der Waals surface area contributed by atoms with Crippen LogP contribution in [0.3, 0.4) is 0 Å². The summed E-state index contributed by atoms with van der Waals surface area (Å²) < 4.78 is 0. The zero-order valence-electron chi connectivity index (χ0n) is 13.1. The van der Waals surface area contributed by atoms with Gasteiger partial charge in [0.1, 0.15) is 0 Å². The fourth-order valence-electron chi connectivity index (χ4n) is 3.09. The summed E-state index contributed by atoms with van der Waals surface area (Å²) in [5, 5.41) is 12.7. The van der Waals surface area contributed by atoms with Crippen LogP contribution in [0, 0.1) is 0 Å². The Labute approximate surface area is 119 Å². The fraction of sp³-hybridized carbons (Fsp3) is 1.00. The number of likely N-dealkylation sites (N-methyl/N-ethyl adjacent to an activating group) is 2. The van der Waals surface area contributed by atoms with Gasteiger partial charge in [0.05, 0.1) is 0 Å². The van der Waals surface area contributed by atoms with Crippen molar-refractivity contribution in [3.63, 3.8) is 0 Å². The molecule has 1 aliphatic rings. The molecule has 4 nitrogen and oxygen atoms in total. The first kappa shape index (κ1) is 16.9. The third-order valence-electron chi connectivity index (χ3n) is 4.12. The van der Waals surface area contributed by atoms with Gasteiger partial charge in [0.25, 0.3) is 0 Å². The lowest BCUT2D eigenvalue weighted by Gasteiger charge is -2.30. The molecule has 0 aromatic heterocycles. The molecule has 114 valence electrons. The van der Waals surface area contributed by atoms with E-state index in [2.05, 4.69) is 36.0 Å². The highest BCUT2D eigenvalue weighted by Gasteiger charge is 2.24. The Morgan fingerprint density at radius 2 is 2.21 bits per heavy atom. The molecule has 0 aromatic carbocycles. The molecule has 1 fully saturated rings. The standard InChI is InChI=1S/C15H33N3O/c1-4-9-16-14(8-11-19)12-17(3)13-15-7-6-10-18(15)5-2/h14-16,19H,4-13H2,1-3H3. The van der Waals surface area contributed by atoms with E-state index in [0.717, 1.165) is 38.5 Å². The number of aliphatic hydroxyl groups is 1. The molecule has 1 heterocycles. The van der Waals surface area contributed by atoms with Crippen LogP contribution < -0.4 is 5.32 Å². The Kier molecular flexibility index (Phi) is 8.62. The van der Waals surface area contributed by atoms with Gasteiger partial charge in [0.2, 0.25) is 0 Å². The highest BCUT2D eigenvalue weighted by Crippen LogP contribution is 2.17. The lowest BCUT2D eigenvalue weighted by molar-refractivity contribution is 0.178. The minimum atomic E-state index is 0.278. The summed E-state index contributed by atoms with van der Waals surface area (Å²) in [6.07, 6.45) is 4.69. The van der Waals surface area contributed by atoms with E-state index in [1.165, 1.54) is 25.9 Å². The Morgan fingerprint density at radius 1 is 1.42 bits per heavy atom. The van der Waals surface area contributed by atoms with Crippen molar-refractivity contribution in [2.24, 2.45) is 0 Å². The second-order valence-electron chi connectivity index (χ2n) is 5.81. The molecule has 1 rings (SSSR count). The second kappa shape index (κ2) is 9.70. The average molecular weight is 271 g/mol. The van der Waals surface area contributed by atoms with E-state index in [1.807, 2.05) is 0 Å². The van der Waals surface area contributed by atoms with Gasteiger partial charge in [0.15, 0.2) is 0 Å². The monoisotopic (exact) mass is 271 g/mol. The van der Waals surface area contributed by atoms with Gasteiger partial charge in [-0.2, -0.15) is 0 Å². The van der Waals surface area contributed by atoms with Crippen LogP contribution in [0.4, 0.5) is 0 Å². The molecule has 0 aromatic rings. The van der Waals surface area contributed by atoms with Crippen molar-refractivity contribution in [1.29, 1.82) is 0 Å². The van der Waals surface area contributed by atoms with Crippen molar-refractivity contribution in [2.45, 2.75) is 51.6 Å². The second-order valence-corrected chi connectivity index (χ2v) is 5.81. The van der Waals surface area contributed by atoms with Crippen LogP contribution in [0.1, 0.15) is 39.5 Å². The Morgan fingerprint density at radius 3 is 2.84 bits per heavy atom. The number of likely N-dealkylation sites (tertiary alicyclic amines) is 1. The average Bonchev–Trinajstić information content (AvgIpc) is 2.83. The predicted octanol–water partition coefficient (Wildman–Crippen LogP) is 1.15. The summed E-state index contributed by atoms with van der Waals surface area (Å²) in [6.45, 7) is 10.4. The van der Waals surface area contributed by atoms with Crippen molar-refractivity contribution >= 4 is 0 Å². The molecule has 0 bridgehead atoms. The molecule has 0 spiro atoms. The topological polar surface area (TPSA) is 38.7 Å². The first-order chi connectivity index (χ1) is 9.21. The van der Waals surface area contributed by atoms with Gasteiger partial charge < -0.3 is 15.3 Å². The smallest absolute Gasteiger partial charge is 0.0446 e. The summed E-state index contributed by atoms with van der Waals surface area (Å²) in [5.41, 5.74) is 0. The molecule has 1 saturated heterocycles. The Bertz CT molecular complexity index is 225. The lowest BCUT2D eigenvalue weighted by atomic mass is 10.1. The molecule has 4 heteroatoms. The van der Waals surface area contributed by atoms with Crippen LogP contribution >= 0.6 is 0 Å². The van der Waals surface area contributed by atoms with Gasteiger partial charge in [0, 0.05) is 31.8 Å². The summed E-state index contributed by atoms with van der Waals surface area (Å²) in [7, 11) is 2.21. The zero-order valence-corrected chi connectivity index (χ0v) is 13.1. The third kappa shape index (κ3) is 6.21. The van der Waals surface area contributed by atoms with E-state index >= 15 is 0 Å². The molecule has 0 amide bonds. The van der Waals surface area contributed by atoms with Crippen LogP contribution in [0.25, 0.3) is 0 Å². The molecule has 0 radical (unpaired) electrons. The predicted molar refractivity (Wildman–Crippen MR) is 81.6 cm³/mol. The maximum atomic E-state index is 9.15. The van der Waals surface area contributed by atoms with Crippen LogP contribution in [-0.2, 0) is 0 Å². The van der Waals surface area contributed by atoms with E-state index < -0.39 is 0 Å². The molecule has 2 unspecified atom stereocenters. The highest BCUT2D eigenvalue weighted by atomic mass is 16.3. The maximum Gasteiger partial charge on any atom is 0.0446 e. The molecule has 19 heavy (non-hydrogen) atoms. The van der Waals surface area contributed by atoms with Crippen LogP contribution in [0.5, 0.6) is 0 Å². The normalized spacial score (nSPS) is 22.3. The van der Waals surface area contributed by atoms with Gasteiger partial charge >= 0.3 is 0 Å². The largest absolute Gasteiger partial charge is 0.396 e. The van der Waals surface area contributed by atoms with Crippen LogP contribution in [0.2, 0.25) is 0 Å². The van der Waals surface area contributed by atoms with E-state index in [-0.39, 0.29) is 6.61 Å². The number of nitrogens with zero attached hydrogens (tertiary/aromatic N) is 2. The lowest BCUT2D eigenvalue weighted by Crippen LogP contribution is -2.45. The Hall–Kier alpha value is -0.160. The summed E-state index contributed by atoms with van der Waals surface area (Å²) in [5.74, 6) is 0. The van der Waals surface area contributed by atoms with Gasteiger partial charge in [-0.25, -0.2) is 0 Å². The van der Waals surface area contributed by atoms with Crippen molar-refractivity contribution in [2.75, 3.05) is 46.4 Å². The number of nitrogens with one attached hydrogen (secondary N) is 1. The first-order valence-corrected chi connectivity index (χ1v) is 7.98. The fourth-order valence-corrected chi connectivity index (χ4v) is 3.09. The van der Waals surface area contributed by atoms with E-state index in [4.69, 9.17) is 5.11 Å². The zero-order chi connectivity index (χ0) is 14.1. The quantitative estimate of drug-likeness (QED) is 0.625. The summed E-state index contributed by atoms with van der Waals surface area (Å²) in [6, 6.07) is 1.15. The minimum absolute atomic E-state index is 0.278. The number of rotatable bonds is 10. The number of hydrogen-bond acceptors (Lipinski definition) is 4. The molecule has 2 N–H and O–H groups in total. The van der Waals surface area contributed by atoms with Gasteiger partial charge in [-0.3, -0.25) is 4.90 Å². The van der Waals surface area contributed by atoms with Crippen molar-refractivity contribution in [1.82, 2.24) is 15.1 Å². The van der Waals surface area contributed by atoms with Crippen molar-refractivity contribution in [3.05, 3.63) is 0 Å². The van der Waals surface area contributed by atoms with E-state index in [9.17, 15) is 0 Å². The van der Waals surface area contributed by atoms with Crippen molar-refractivity contribution < 1.29 is 5.11 Å². The summed E-state index contributed by atoms with van der Waals surface area (Å²) >= 11 is 0. The minimum Gasteiger partial charge on any atom is -0.396 e. The SMILES string of the molecule is CCCNC(CCO)CN(C)CC1CCCN1CC. The summed E-state index contributed by atoms with van der Waals surface area (Å²) in [4.78, 5) is 5.03. The number of hydrogen-bond donors (Lipinski definition) is 2. The molecule has 0 saturated carbocycles. The molecular weight excluding hydrogens is 238 g/mol. The maximum absolute atomic E-state index is 9.15. The van der Waals surface area contributed by atoms with E-state index in [1.54, 1.807) is 0 Å². The van der Waals surface area contributed by atoms with Gasteiger partial charge in [-0.1, -0.05) is 13.8 Å². The first-order valence-electron chi connectivity index (χ1n) is 7.98. The Balaban J connectivity index is 2.32. The molecule has 0 aliphatic carbocycles. The molecular formula is C15H33N3O. The molecule has 1 aliphatic heterocycles.